The van der Waals surface area contributed by atoms with Crippen molar-refractivity contribution in [2.75, 3.05) is 0 Å². The molecule has 0 fully saturated rings. The molecule has 0 saturated carbocycles. The second-order valence-electron chi connectivity index (χ2n) is 2.47. The predicted molar refractivity (Wildman–Crippen MR) is 51.7 cm³/mol. The average Bonchev–Trinajstić information content (AvgIpc) is 2.16. The largest absolute Gasteiger partial charge is 0.391 e. The fourth-order valence-electron chi connectivity index (χ4n) is 1.11. The van der Waals surface area contributed by atoms with Crippen molar-refractivity contribution in [2.24, 2.45) is 0 Å². The number of aliphatic hydroxyl groups is 1. The normalized spacial score (nSPS) is 10.0. The highest BCUT2D eigenvalue weighted by Crippen LogP contribution is 2.25. The number of nitro benzene ring substituents is 1. The van der Waals surface area contributed by atoms with Crippen LogP contribution in [-0.2, 0) is 11.9 Å². The maximum atomic E-state index is 10.6. The minimum atomic E-state index is -0.470. The van der Waals surface area contributed by atoms with Crippen molar-refractivity contribution < 1.29 is 10.0 Å². The Morgan fingerprint density at radius 1 is 1.46 bits per heavy atom. The number of nitro groups is 1. The van der Waals surface area contributed by atoms with Gasteiger partial charge in [-0.05, 0) is 6.07 Å². The lowest BCUT2D eigenvalue weighted by Gasteiger charge is -2.02. The first-order valence-electron chi connectivity index (χ1n) is 3.62. The van der Waals surface area contributed by atoms with Crippen molar-refractivity contribution in [3.8, 4) is 0 Å². The van der Waals surface area contributed by atoms with E-state index in [9.17, 15) is 10.1 Å². The molecule has 0 aliphatic rings. The van der Waals surface area contributed by atoms with Crippen LogP contribution in [0.2, 0.25) is 0 Å². The molecule has 1 aromatic carbocycles. The molecule has 1 aromatic rings. The van der Waals surface area contributed by atoms with E-state index in [0.717, 1.165) is 0 Å². The van der Waals surface area contributed by atoms with E-state index in [1.54, 1.807) is 18.2 Å². The zero-order valence-corrected chi connectivity index (χ0v) is 8.32. The van der Waals surface area contributed by atoms with Crippen LogP contribution in [0, 0.1) is 10.1 Å². The summed E-state index contributed by atoms with van der Waals surface area (Å²) in [6.07, 6.45) is 0. The van der Waals surface area contributed by atoms with Crippen molar-refractivity contribution in [1.29, 1.82) is 0 Å². The molecule has 0 bridgehead atoms. The Balaban J connectivity index is 3.29. The van der Waals surface area contributed by atoms with Crippen molar-refractivity contribution in [1.82, 2.24) is 0 Å². The minimum absolute atomic E-state index is 0.00174. The topological polar surface area (TPSA) is 63.4 Å². The summed E-state index contributed by atoms with van der Waals surface area (Å²) in [4.78, 5) is 10.2. The van der Waals surface area contributed by atoms with Crippen LogP contribution in [-0.4, -0.2) is 10.0 Å². The monoisotopic (exact) mass is 245 g/mol. The van der Waals surface area contributed by atoms with E-state index in [2.05, 4.69) is 15.9 Å². The zero-order valence-electron chi connectivity index (χ0n) is 6.74. The molecule has 0 aliphatic heterocycles. The summed E-state index contributed by atoms with van der Waals surface area (Å²) in [5.41, 5.74) is 0.931. The Hall–Kier alpha value is -0.940. The Kier molecular flexibility index (Phi) is 3.39. The van der Waals surface area contributed by atoms with E-state index in [4.69, 9.17) is 5.11 Å². The third-order valence-electron chi connectivity index (χ3n) is 1.70. The van der Waals surface area contributed by atoms with Crippen LogP contribution >= 0.6 is 15.9 Å². The summed E-state index contributed by atoms with van der Waals surface area (Å²) in [5.74, 6) is 0. The SMILES string of the molecule is O=[N+]([O-])c1c(CO)cccc1CBr. The van der Waals surface area contributed by atoms with E-state index in [0.29, 0.717) is 16.5 Å². The van der Waals surface area contributed by atoms with Gasteiger partial charge in [0.1, 0.15) is 0 Å². The summed E-state index contributed by atoms with van der Waals surface area (Å²) >= 11 is 3.15. The highest BCUT2D eigenvalue weighted by atomic mass is 79.9. The highest BCUT2D eigenvalue weighted by molar-refractivity contribution is 9.08. The molecule has 0 radical (unpaired) electrons. The van der Waals surface area contributed by atoms with Gasteiger partial charge in [0.25, 0.3) is 5.69 Å². The third kappa shape index (κ3) is 2.05. The first-order chi connectivity index (χ1) is 6.20. The Labute approximate surface area is 83.5 Å². The summed E-state index contributed by atoms with van der Waals surface area (Å²) in [6.45, 7) is -0.308. The molecule has 0 spiro atoms. The smallest absolute Gasteiger partial charge is 0.278 e. The predicted octanol–water partition coefficient (Wildman–Crippen LogP) is 1.98. The van der Waals surface area contributed by atoms with Gasteiger partial charge in [0.15, 0.2) is 0 Å². The maximum Gasteiger partial charge on any atom is 0.278 e. The van der Waals surface area contributed by atoms with Crippen LogP contribution in [0.1, 0.15) is 11.1 Å². The first-order valence-corrected chi connectivity index (χ1v) is 4.74. The van der Waals surface area contributed by atoms with Crippen molar-refractivity contribution in [2.45, 2.75) is 11.9 Å². The van der Waals surface area contributed by atoms with E-state index in [1.807, 2.05) is 0 Å². The van der Waals surface area contributed by atoms with E-state index >= 15 is 0 Å². The van der Waals surface area contributed by atoms with Crippen LogP contribution in [0.25, 0.3) is 0 Å². The lowest BCUT2D eigenvalue weighted by Crippen LogP contribution is -1.98. The molecule has 13 heavy (non-hydrogen) atoms. The average molecular weight is 246 g/mol. The number of hydrogen-bond acceptors (Lipinski definition) is 3. The zero-order chi connectivity index (χ0) is 9.84. The van der Waals surface area contributed by atoms with Crippen molar-refractivity contribution in [3.63, 3.8) is 0 Å². The Morgan fingerprint density at radius 3 is 2.54 bits per heavy atom. The molecule has 1 rings (SSSR count). The summed E-state index contributed by atoms with van der Waals surface area (Å²) < 4.78 is 0. The second kappa shape index (κ2) is 4.34. The number of benzene rings is 1. The van der Waals surface area contributed by atoms with Gasteiger partial charge < -0.3 is 5.11 Å². The van der Waals surface area contributed by atoms with Gasteiger partial charge in [0.05, 0.1) is 17.1 Å². The molecule has 70 valence electrons. The number of halogens is 1. The third-order valence-corrected chi connectivity index (χ3v) is 2.30. The maximum absolute atomic E-state index is 10.6. The molecule has 0 aliphatic carbocycles. The van der Waals surface area contributed by atoms with Gasteiger partial charge >= 0.3 is 0 Å². The van der Waals surface area contributed by atoms with E-state index < -0.39 is 4.92 Å². The molecule has 1 N–H and O–H groups in total. The minimum Gasteiger partial charge on any atom is -0.391 e. The number of para-hydroxylation sites is 1. The van der Waals surface area contributed by atoms with Crippen LogP contribution in [0.3, 0.4) is 0 Å². The van der Waals surface area contributed by atoms with Crippen LogP contribution in [0.5, 0.6) is 0 Å². The van der Waals surface area contributed by atoms with Gasteiger partial charge in [0, 0.05) is 10.9 Å². The lowest BCUT2D eigenvalue weighted by atomic mass is 10.1. The Bertz CT molecular complexity index is 305. The van der Waals surface area contributed by atoms with Crippen LogP contribution in [0.4, 0.5) is 5.69 Å². The van der Waals surface area contributed by atoms with Crippen LogP contribution in [0.15, 0.2) is 18.2 Å². The van der Waals surface area contributed by atoms with Gasteiger partial charge in [-0.15, -0.1) is 0 Å². The summed E-state index contributed by atoms with van der Waals surface area (Å²) in [6, 6.07) is 4.89. The van der Waals surface area contributed by atoms with E-state index in [-0.39, 0.29) is 12.3 Å². The van der Waals surface area contributed by atoms with Gasteiger partial charge in [-0.1, -0.05) is 28.1 Å². The fourth-order valence-corrected chi connectivity index (χ4v) is 1.57. The second-order valence-corrected chi connectivity index (χ2v) is 3.03. The lowest BCUT2D eigenvalue weighted by molar-refractivity contribution is -0.386. The van der Waals surface area contributed by atoms with Crippen molar-refractivity contribution >= 4 is 21.6 Å². The quantitative estimate of drug-likeness (QED) is 0.503. The molecule has 5 heteroatoms. The summed E-state index contributed by atoms with van der Waals surface area (Å²) in [5, 5.41) is 19.9. The first kappa shape index (κ1) is 10.1. The van der Waals surface area contributed by atoms with Crippen LogP contribution < -0.4 is 0 Å². The van der Waals surface area contributed by atoms with Gasteiger partial charge in [0.2, 0.25) is 0 Å². The van der Waals surface area contributed by atoms with Gasteiger partial charge in [-0.2, -0.15) is 0 Å². The number of alkyl halides is 1. The number of aliphatic hydroxyl groups excluding tert-OH is 1. The Morgan fingerprint density at radius 2 is 2.08 bits per heavy atom. The molecule has 0 unspecified atom stereocenters. The van der Waals surface area contributed by atoms with Gasteiger partial charge in [-0.3, -0.25) is 10.1 Å². The number of rotatable bonds is 3. The molecule has 0 saturated heterocycles. The molecule has 0 atom stereocenters. The summed E-state index contributed by atoms with van der Waals surface area (Å²) in [7, 11) is 0. The van der Waals surface area contributed by atoms with Gasteiger partial charge in [-0.25, -0.2) is 0 Å². The number of hydrogen-bond donors (Lipinski definition) is 1. The molecule has 0 amide bonds. The molecular formula is C8H8BrNO3. The molecular weight excluding hydrogens is 238 g/mol. The standard InChI is InChI=1S/C8H8BrNO3/c9-4-6-2-1-3-7(5-11)8(6)10(12)13/h1-3,11H,4-5H2. The molecule has 0 heterocycles. The van der Waals surface area contributed by atoms with E-state index in [1.165, 1.54) is 0 Å². The molecule has 4 nitrogen and oxygen atoms in total. The fraction of sp³-hybridized carbons (Fsp3) is 0.250. The highest BCUT2D eigenvalue weighted by Gasteiger charge is 2.17. The van der Waals surface area contributed by atoms with Crippen molar-refractivity contribution in [3.05, 3.63) is 39.4 Å². The number of nitrogens with zero attached hydrogens (tertiary/aromatic N) is 1. The molecule has 0 aromatic heterocycles.